The summed E-state index contributed by atoms with van der Waals surface area (Å²) in [6, 6.07) is 5.15. The number of halogens is 1. The Morgan fingerprint density at radius 1 is 1.41 bits per heavy atom. The van der Waals surface area contributed by atoms with Crippen LogP contribution in [0.1, 0.15) is 23.1 Å². The number of benzene rings is 1. The SMILES string of the molecule is Cc1cc(Br)cc2c1CCN(C1CCOC1)C2. The second-order valence-corrected chi connectivity index (χ2v) is 6.01. The van der Waals surface area contributed by atoms with Gasteiger partial charge in [-0.25, -0.2) is 0 Å². The van der Waals surface area contributed by atoms with E-state index in [0.717, 1.165) is 19.8 Å². The zero-order chi connectivity index (χ0) is 11.8. The summed E-state index contributed by atoms with van der Waals surface area (Å²) in [4.78, 5) is 2.58. The third-order valence-corrected chi connectivity index (χ3v) is 4.43. The fraction of sp³-hybridized carbons (Fsp3) is 0.571. The number of fused-ring (bicyclic) bond motifs is 1. The Balaban J connectivity index is 1.84. The summed E-state index contributed by atoms with van der Waals surface area (Å²) in [5, 5.41) is 0. The number of rotatable bonds is 1. The van der Waals surface area contributed by atoms with Crippen molar-refractivity contribution < 1.29 is 4.74 Å². The molecule has 1 saturated heterocycles. The highest BCUT2D eigenvalue weighted by atomic mass is 79.9. The zero-order valence-corrected chi connectivity index (χ0v) is 11.8. The normalized spacial score (nSPS) is 24.9. The maximum atomic E-state index is 5.49. The fourth-order valence-corrected chi connectivity index (χ4v) is 3.64. The van der Waals surface area contributed by atoms with Gasteiger partial charge in [0.1, 0.15) is 0 Å². The molecule has 17 heavy (non-hydrogen) atoms. The van der Waals surface area contributed by atoms with Crippen molar-refractivity contribution in [2.45, 2.75) is 32.4 Å². The van der Waals surface area contributed by atoms with Crippen LogP contribution < -0.4 is 0 Å². The number of hydrogen-bond donors (Lipinski definition) is 0. The summed E-state index contributed by atoms with van der Waals surface area (Å²) < 4.78 is 6.70. The summed E-state index contributed by atoms with van der Waals surface area (Å²) in [5.74, 6) is 0. The maximum absolute atomic E-state index is 5.49. The molecule has 1 unspecified atom stereocenters. The van der Waals surface area contributed by atoms with Gasteiger partial charge in [0.15, 0.2) is 0 Å². The van der Waals surface area contributed by atoms with Crippen LogP contribution in [0, 0.1) is 6.92 Å². The molecule has 2 aliphatic heterocycles. The second-order valence-electron chi connectivity index (χ2n) is 5.10. The van der Waals surface area contributed by atoms with Gasteiger partial charge in [-0.2, -0.15) is 0 Å². The van der Waals surface area contributed by atoms with Crippen molar-refractivity contribution in [1.82, 2.24) is 4.90 Å². The standard InChI is InChI=1S/C14H18BrNO/c1-10-6-12(15)7-11-8-16(4-2-14(10)11)13-3-5-17-9-13/h6-7,13H,2-5,8-9H2,1H3. The van der Waals surface area contributed by atoms with Crippen molar-refractivity contribution in [3.8, 4) is 0 Å². The van der Waals surface area contributed by atoms with Crippen LogP contribution in [0.3, 0.4) is 0 Å². The lowest BCUT2D eigenvalue weighted by atomic mass is 9.94. The molecule has 1 aromatic carbocycles. The van der Waals surface area contributed by atoms with Gasteiger partial charge in [-0.1, -0.05) is 15.9 Å². The first-order chi connectivity index (χ1) is 8.24. The predicted octanol–water partition coefficient (Wildman–Crippen LogP) is 2.90. The smallest absolute Gasteiger partial charge is 0.0622 e. The Morgan fingerprint density at radius 2 is 2.29 bits per heavy atom. The summed E-state index contributed by atoms with van der Waals surface area (Å²) in [6.45, 7) is 6.35. The minimum absolute atomic E-state index is 0.641. The molecule has 2 nitrogen and oxygen atoms in total. The van der Waals surface area contributed by atoms with Crippen molar-refractivity contribution in [1.29, 1.82) is 0 Å². The molecule has 3 heteroatoms. The van der Waals surface area contributed by atoms with Gasteiger partial charge >= 0.3 is 0 Å². The third kappa shape index (κ3) is 2.28. The minimum Gasteiger partial charge on any atom is -0.380 e. The van der Waals surface area contributed by atoms with Gasteiger partial charge in [0.25, 0.3) is 0 Å². The molecule has 2 aliphatic rings. The highest BCUT2D eigenvalue weighted by molar-refractivity contribution is 9.10. The van der Waals surface area contributed by atoms with Crippen LogP contribution in [0.2, 0.25) is 0 Å². The molecule has 1 fully saturated rings. The van der Waals surface area contributed by atoms with Crippen molar-refractivity contribution in [2.24, 2.45) is 0 Å². The largest absolute Gasteiger partial charge is 0.380 e. The first-order valence-electron chi connectivity index (χ1n) is 6.34. The minimum atomic E-state index is 0.641. The van der Waals surface area contributed by atoms with Crippen LogP contribution in [0.4, 0.5) is 0 Å². The van der Waals surface area contributed by atoms with Crippen LogP contribution in [-0.2, 0) is 17.7 Å². The van der Waals surface area contributed by atoms with Gasteiger partial charge in [-0.05, 0) is 48.6 Å². The molecule has 2 heterocycles. The molecule has 1 aromatic rings. The molecular formula is C14H18BrNO. The zero-order valence-electron chi connectivity index (χ0n) is 10.2. The van der Waals surface area contributed by atoms with Gasteiger partial charge in [-0.15, -0.1) is 0 Å². The first-order valence-corrected chi connectivity index (χ1v) is 7.13. The average molecular weight is 296 g/mol. The van der Waals surface area contributed by atoms with Crippen molar-refractivity contribution in [3.63, 3.8) is 0 Å². The lowest BCUT2D eigenvalue weighted by Crippen LogP contribution is -2.39. The van der Waals surface area contributed by atoms with E-state index in [1.807, 2.05) is 0 Å². The van der Waals surface area contributed by atoms with Crippen LogP contribution in [-0.4, -0.2) is 30.7 Å². The van der Waals surface area contributed by atoms with Crippen molar-refractivity contribution >= 4 is 15.9 Å². The Hall–Kier alpha value is -0.380. The maximum Gasteiger partial charge on any atom is 0.0622 e. The predicted molar refractivity (Wildman–Crippen MR) is 72.2 cm³/mol. The van der Waals surface area contributed by atoms with E-state index < -0.39 is 0 Å². The summed E-state index contributed by atoms with van der Waals surface area (Å²) in [5.41, 5.74) is 4.48. The molecule has 0 amide bonds. The third-order valence-electron chi connectivity index (χ3n) is 3.97. The molecule has 3 rings (SSSR count). The van der Waals surface area contributed by atoms with E-state index in [1.165, 1.54) is 35.0 Å². The Morgan fingerprint density at radius 3 is 3.06 bits per heavy atom. The van der Waals surface area contributed by atoms with Crippen LogP contribution in [0.25, 0.3) is 0 Å². The van der Waals surface area contributed by atoms with E-state index in [2.05, 4.69) is 39.9 Å². The van der Waals surface area contributed by atoms with Gasteiger partial charge < -0.3 is 4.74 Å². The molecule has 0 radical (unpaired) electrons. The molecule has 0 saturated carbocycles. The first kappa shape index (κ1) is 11.7. The number of ether oxygens (including phenoxy) is 1. The molecule has 1 atom stereocenters. The Kier molecular flexibility index (Phi) is 3.24. The van der Waals surface area contributed by atoms with Crippen molar-refractivity contribution in [2.75, 3.05) is 19.8 Å². The van der Waals surface area contributed by atoms with Crippen LogP contribution >= 0.6 is 15.9 Å². The molecule has 0 aliphatic carbocycles. The fourth-order valence-electron chi connectivity index (χ4n) is 3.02. The topological polar surface area (TPSA) is 12.5 Å². The van der Waals surface area contributed by atoms with Gasteiger partial charge in [0, 0.05) is 30.2 Å². The molecular weight excluding hydrogens is 278 g/mol. The monoisotopic (exact) mass is 295 g/mol. The molecule has 0 spiro atoms. The summed E-state index contributed by atoms with van der Waals surface area (Å²) in [7, 11) is 0. The molecule has 0 N–H and O–H groups in total. The van der Waals surface area contributed by atoms with Crippen LogP contribution in [0.5, 0.6) is 0 Å². The second kappa shape index (κ2) is 4.71. The van der Waals surface area contributed by atoms with E-state index >= 15 is 0 Å². The molecule has 0 aromatic heterocycles. The Labute approximate surface area is 111 Å². The van der Waals surface area contributed by atoms with Crippen LogP contribution in [0.15, 0.2) is 16.6 Å². The Bertz CT molecular complexity index is 426. The number of aryl methyl sites for hydroxylation is 1. The van der Waals surface area contributed by atoms with E-state index in [9.17, 15) is 0 Å². The number of nitrogens with zero attached hydrogens (tertiary/aromatic N) is 1. The summed E-state index contributed by atoms with van der Waals surface area (Å²) >= 11 is 3.60. The quantitative estimate of drug-likeness (QED) is 0.790. The van der Waals surface area contributed by atoms with E-state index in [1.54, 1.807) is 5.56 Å². The molecule has 0 bridgehead atoms. The van der Waals surface area contributed by atoms with Gasteiger partial charge in [0.05, 0.1) is 6.61 Å². The lowest BCUT2D eigenvalue weighted by Gasteiger charge is -2.33. The van der Waals surface area contributed by atoms with Gasteiger partial charge in [0.2, 0.25) is 0 Å². The van der Waals surface area contributed by atoms with E-state index in [4.69, 9.17) is 4.74 Å². The van der Waals surface area contributed by atoms with Gasteiger partial charge in [-0.3, -0.25) is 4.90 Å². The lowest BCUT2D eigenvalue weighted by molar-refractivity contribution is 0.135. The van der Waals surface area contributed by atoms with E-state index in [0.29, 0.717) is 6.04 Å². The van der Waals surface area contributed by atoms with E-state index in [-0.39, 0.29) is 0 Å². The number of hydrogen-bond acceptors (Lipinski definition) is 2. The molecule has 92 valence electrons. The summed E-state index contributed by atoms with van der Waals surface area (Å²) in [6.07, 6.45) is 2.38. The van der Waals surface area contributed by atoms with Crippen molar-refractivity contribution in [3.05, 3.63) is 33.3 Å². The average Bonchev–Trinajstić information content (AvgIpc) is 2.81. The highest BCUT2D eigenvalue weighted by Gasteiger charge is 2.27. The highest BCUT2D eigenvalue weighted by Crippen LogP contribution is 2.28.